The first-order valence-electron chi connectivity index (χ1n) is 6.64. The van der Waals surface area contributed by atoms with Crippen molar-refractivity contribution in [2.75, 3.05) is 45.8 Å². The van der Waals surface area contributed by atoms with Crippen LogP contribution in [0.3, 0.4) is 0 Å². The van der Waals surface area contributed by atoms with Gasteiger partial charge < -0.3 is 9.64 Å². The van der Waals surface area contributed by atoms with Gasteiger partial charge in [-0.2, -0.15) is 0 Å². The van der Waals surface area contributed by atoms with Gasteiger partial charge in [0.1, 0.15) is 0 Å². The fourth-order valence-corrected chi connectivity index (χ4v) is 1.84. The summed E-state index contributed by atoms with van der Waals surface area (Å²) in [7, 11) is 5.18. The summed E-state index contributed by atoms with van der Waals surface area (Å²) < 4.78 is 4.97. The summed E-state index contributed by atoms with van der Waals surface area (Å²) in [4.78, 5) is 25.7. The quantitative estimate of drug-likeness (QED) is 0.413. The molecule has 0 fully saturated rings. The van der Waals surface area contributed by atoms with Crippen LogP contribution < -0.4 is 4.90 Å². The van der Waals surface area contributed by atoms with Crippen molar-refractivity contribution in [2.24, 2.45) is 0 Å². The van der Waals surface area contributed by atoms with Gasteiger partial charge in [0.25, 0.3) is 5.69 Å². The van der Waals surface area contributed by atoms with Crippen molar-refractivity contribution < 1.29 is 14.5 Å². The molecule has 0 aliphatic rings. The third-order valence-electron chi connectivity index (χ3n) is 3.12. The molecule has 1 rings (SSSR count). The van der Waals surface area contributed by atoms with E-state index < -0.39 is 4.92 Å². The zero-order valence-corrected chi connectivity index (χ0v) is 12.6. The molecule has 0 unspecified atom stereocenters. The van der Waals surface area contributed by atoms with Gasteiger partial charge in [0.15, 0.2) is 0 Å². The third kappa shape index (κ3) is 5.49. The molecule has 1 amide bonds. The second-order valence-corrected chi connectivity index (χ2v) is 4.81. The number of carbonyl (C=O) groups is 1. The maximum atomic E-state index is 12.1. The molecule has 0 aliphatic carbocycles. The number of benzene rings is 1. The van der Waals surface area contributed by atoms with E-state index in [9.17, 15) is 14.9 Å². The van der Waals surface area contributed by atoms with Gasteiger partial charge in [-0.05, 0) is 25.6 Å². The molecular formula is C14H21N3O4. The van der Waals surface area contributed by atoms with Crippen molar-refractivity contribution in [2.45, 2.75) is 6.42 Å². The van der Waals surface area contributed by atoms with Crippen LogP contribution in [0.4, 0.5) is 11.4 Å². The van der Waals surface area contributed by atoms with Gasteiger partial charge in [-0.1, -0.05) is 0 Å². The van der Waals surface area contributed by atoms with Gasteiger partial charge in [-0.3, -0.25) is 19.8 Å². The number of nitro groups is 1. The maximum Gasteiger partial charge on any atom is 0.269 e. The van der Waals surface area contributed by atoms with Crippen LogP contribution in [0, 0.1) is 10.1 Å². The third-order valence-corrected chi connectivity index (χ3v) is 3.12. The average Bonchev–Trinajstić information content (AvgIpc) is 2.46. The van der Waals surface area contributed by atoms with Gasteiger partial charge >= 0.3 is 0 Å². The number of anilines is 1. The predicted octanol–water partition coefficient (Wildman–Crippen LogP) is 1.53. The Bertz CT molecular complexity index is 476. The van der Waals surface area contributed by atoms with Crippen LogP contribution in [0.2, 0.25) is 0 Å². The number of rotatable bonds is 8. The zero-order valence-electron chi connectivity index (χ0n) is 12.6. The van der Waals surface area contributed by atoms with E-state index in [1.165, 1.54) is 17.0 Å². The topological polar surface area (TPSA) is 75.9 Å². The van der Waals surface area contributed by atoms with Gasteiger partial charge in [0.05, 0.1) is 11.5 Å². The molecule has 1 aromatic carbocycles. The minimum atomic E-state index is -0.463. The number of likely N-dealkylation sites (N-methyl/N-ethyl adjacent to an activating group) is 2. The van der Waals surface area contributed by atoms with E-state index in [0.29, 0.717) is 12.3 Å². The second kappa shape index (κ2) is 8.33. The first-order chi connectivity index (χ1) is 9.95. The van der Waals surface area contributed by atoms with Gasteiger partial charge in [-0.25, -0.2) is 0 Å². The molecule has 0 saturated carbocycles. The fourth-order valence-electron chi connectivity index (χ4n) is 1.84. The van der Waals surface area contributed by atoms with Crippen molar-refractivity contribution >= 4 is 17.3 Å². The minimum absolute atomic E-state index is 0.0104. The second-order valence-electron chi connectivity index (χ2n) is 4.81. The van der Waals surface area contributed by atoms with Crippen LogP contribution in [-0.4, -0.2) is 56.6 Å². The van der Waals surface area contributed by atoms with Crippen molar-refractivity contribution in [3.63, 3.8) is 0 Å². The molecule has 0 atom stereocenters. The molecule has 7 nitrogen and oxygen atoms in total. The zero-order chi connectivity index (χ0) is 15.8. The predicted molar refractivity (Wildman–Crippen MR) is 80.5 cm³/mol. The smallest absolute Gasteiger partial charge is 0.269 e. The summed E-state index contributed by atoms with van der Waals surface area (Å²) in [6.45, 7) is 1.72. The van der Waals surface area contributed by atoms with Gasteiger partial charge in [0.2, 0.25) is 5.91 Å². The Balaban J connectivity index is 2.55. The highest BCUT2D eigenvalue weighted by Gasteiger charge is 2.14. The highest BCUT2D eigenvalue weighted by molar-refractivity contribution is 5.94. The molecule has 0 aliphatic heterocycles. The van der Waals surface area contributed by atoms with E-state index >= 15 is 0 Å². The number of amides is 1. The molecule has 116 valence electrons. The Kier molecular flexibility index (Phi) is 6.77. The number of nitrogens with zero attached hydrogens (tertiary/aromatic N) is 3. The van der Waals surface area contributed by atoms with Crippen molar-refractivity contribution in [3.8, 4) is 0 Å². The van der Waals surface area contributed by atoms with Crippen LogP contribution in [0.1, 0.15) is 6.42 Å². The molecule has 0 spiro atoms. The minimum Gasteiger partial charge on any atom is -0.385 e. The molecule has 0 bridgehead atoms. The van der Waals surface area contributed by atoms with E-state index in [1.54, 1.807) is 26.3 Å². The van der Waals surface area contributed by atoms with E-state index in [4.69, 9.17) is 4.74 Å². The molecule has 0 radical (unpaired) electrons. The highest BCUT2D eigenvalue weighted by Crippen LogP contribution is 2.18. The summed E-state index contributed by atoms with van der Waals surface area (Å²) in [5.74, 6) is -0.0660. The van der Waals surface area contributed by atoms with E-state index in [1.807, 2.05) is 11.9 Å². The van der Waals surface area contributed by atoms with E-state index in [-0.39, 0.29) is 18.1 Å². The Morgan fingerprint density at radius 3 is 2.43 bits per heavy atom. The van der Waals surface area contributed by atoms with Crippen LogP contribution >= 0.6 is 0 Å². The number of non-ortho nitro benzene ring substituents is 1. The number of hydrogen-bond donors (Lipinski definition) is 0. The summed E-state index contributed by atoms with van der Waals surface area (Å²) >= 11 is 0. The number of hydrogen-bond acceptors (Lipinski definition) is 5. The van der Waals surface area contributed by atoms with Crippen molar-refractivity contribution in [1.82, 2.24) is 4.90 Å². The van der Waals surface area contributed by atoms with Crippen LogP contribution in [0.25, 0.3) is 0 Å². The number of ether oxygens (including phenoxy) is 1. The monoisotopic (exact) mass is 295 g/mol. The lowest BCUT2D eigenvalue weighted by Gasteiger charge is -2.21. The standard InChI is InChI=1S/C14H21N3O4/c1-15(9-4-10-21-3)11-14(18)16(2)12-5-7-13(8-6-12)17(19)20/h5-8H,4,9-11H2,1-3H3. The summed E-state index contributed by atoms with van der Waals surface area (Å²) in [6, 6.07) is 5.92. The number of nitro benzene ring substituents is 1. The lowest BCUT2D eigenvalue weighted by Crippen LogP contribution is -2.37. The lowest BCUT2D eigenvalue weighted by atomic mass is 10.2. The van der Waals surface area contributed by atoms with Crippen molar-refractivity contribution in [1.29, 1.82) is 0 Å². The number of methoxy groups -OCH3 is 1. The van der Waals surface area contributed by atoms with Crippen molar-refractivity contribution in [3.05, 3.63) is 34.4 Å². The largest absolute Gasteiger partial charge is 0.385 e. The van der Waals surface area contributed by atoms with E-state index in [0.717, 1.165) is 13.0 Å². The van der Waals surface area contributed by atoms with Gasteiger partial charge in [-0.15, -0.1) is 0 Å². The molecule has 1 aromatic rings. The summed E-state index contributed by atoms with van der Waals surface area (Å²) in [5.41, 5.74) is 0.646. The maximum absolute atomic E-state index is 12.1. The molecule has 21 heavy (non-hydrogen) atoms. The average molecular weight is 295 g/mol. The van der Waals surface area contributed by atoms with Gasteiger partial charge in [0, 0.05) is 45.1 Å². The first kappa shape index (κ1) is 17.1. The van der Waals surface area contributed by atoms with E-state index in [2.05, 4.69) is 0 Å². The molecule has 0 saturated heterocycles. The molecule has 7 heteroatoms. The molecule has 0 heterocycles. The molecular weight excluding hydrogens is 274 g/mol. The Morgan fingerprint density at radius 1 is 1.29 bits per heavy atom. The molecule has 0 aromatic heterocycles. The lowest BCUT2D eigenvalue weighted by molar-refractivity contribution is -0.384. The first-order valence-corrected chi connectivity index (χ1v) is 6.64. The summed E-state index contributed by atoms with van der Waals surface area (Å²) in [6.07, 6.45) is 0.863. The Labute approximate surface area is 124 Å². The summed E-state index contributed by atoms with van der Waals surface area (Å²) in [5, 5.41) is 10.6. The highest BCUT2D eigenvalue weighted by atomic mass is 16.6. The number of carbonyl (C=O) groups excluding carboxylic acids is 1. The SMILES string of the molecule is COCCCN(C)CC(=O)N(C)c1ccc([N+](=O)[O-])cc1. The van der Waals surface area contributed by atoms with Crippen LogP contribution in [-0.2, 0) is 9.53 Å². The van der Waals surface area contributed by atoms with Crippen LogP contribution in [0.15, 0.2) is 24.3 Å². The molecule has 0 N–H and O–H groups in total. The normalized spacial score (nSPS) is 10.7. The fraction of sp³-hybridized carbons (Fsp3) is 0.500. The van der Waals surface area contributed by atoms with Crippen LogP contribution in [0.5, 0.6) is 0 Å². The Hall–Kier alpha value is -1.99. The Morgan fingerprint density at radius 2 is 1.90 bits per heavy atom.